The topological polar surface area (TPSA) is 56.0 Å². The van der Waals surface area contributed by atoms with Crippen molar-refractivity contribution in [3.8, 4) is 0 Å². The Morgan fingerprint density at radius 1 is 0.889 bits per heavy atom. The fourth-order valence-corrected chi connectivity index (χ4v) is 5.67. The highest BCUT2D eigenvalue weighted by Gasteiger charge is 2.53. The molecule has 1 aliphatic heterocycles. The van der Waals surface area contributed by atoms with E-state index in [1.165, 1.54) is 5.56 Å². The zero-order valence-electron chi connectivity index (χ0n) is 20.3. The van der Waals surface area contributed by atoms with Gasteiger partial charge in [-0.3, -0.25) is 4.79 Å². The van der Waals surface area contributed by atoms with Crippen LogP contribution in [-0.2, 0) is 23.3 Å². The molecule has 6 nitrogen and oxygen atoms in total. The van der Waals surface area contributed by atoms with Gasteiger partial charge in [0.15, 0.2) is 0 Å². The van der Waals surface area contributed by atoms with E-state index in [1.54, 1.807) is 0 Å². The average molecular weight is 500 g/mol. The summed E-state index contributed by atoms with van der Waals surface area (Å²) in [6.07, 6.45) is 11.5. The third-order valence-electron chi connectivity index (χ3n) is 7.76. The summed E-state index contributed by atoms with van der Waals surface area (Å²) in [7, 11) is 0. The van der Waals surface area contributed by atoms with E-state index in [0.29, 0.717) is 17.5 Å². The molecular weight excluding hydrogens is 470 g/mol. The van der Waals surface area contributed by atoms with Crippen LogP contribution in [0.5, 0.6) is 0 Å². The van der Waals surface area contributed by atoms with Crippen molar-refractivity contribution in [2.24, 2.45) is 0 Å². The van der Waals surface area contributed by atoms with E-state index in [4.69, 9.17) is 16.6 Å². The summed E-state index contributed by atoms with van der Waals surface area (Å²) in [5.74, 6) is 2.72. The summed E-state index contributed by atoms with van der Waals surface area (Å²) in [5, 5.41) is 0.709. The van der Waals surface area contributed by atoms with E-state index in [-0.39, 0.29) is 11.3 Å². The molecule has 1 saturated carbocycles. The number of likely N-dealkylation sites (tertiary alicyclic amines) is 1. The first-order chi connectivity index (χ1) is 17.6. The lowest BCUT2D eigenvalue weighted by Gasteiger charge is -2.34. The van der Waals surface area contributed by atoms with Gasteiger partial charge in [0.25, 0.3) is 0 Å². The second kappa shape index (κ2) is 9.58. The van der Waals surface area contributed by atoms with Crippen molar-refractivity contribution in [2.45, 2.75) is 50.1 Å². The highest BCUT2D eigenvalue weighted by molar-refractivity contribution is 6.30. The Bertz CT molecular complexity index is 1330. The Morgan fingerprint density at radius 2 is 1.58 bits per heavy atom. The number of amides is 1. The molecule has 184 valence electrons. The van der Waals surface area contributed by atoms with Gasteiger partial charge in [0.1, 0.15) is 11.6 Å². The predicted octanol–water partition coefficient (Wildman–Crippen LogP) is 5.27. The van der Waals surface area contributed by atoms with E-state index in [1.807, 2.05) is 55.1 Å². The minimum atomic E-state index is -0.342. The smallest absolute Gasteiger partial charge is 0.233 e. The molecule has 2 aromatic carbocycles. The maximum Gasteiger partial charge on any atom is 0.233 e. The van der Waals surface area contributed by atoms with Crippen molar-refractivity contribution in [1.82, 2.24) is 24.0 Å². The molecule has 0 unspecified atom stereocenters. The molecule has 1 amide bonds. The first kappa shape index (κ1) is 23.0. The van der Waals surface area contributed by atoms with Crippen LogP contribution in [0.1, 0.15) is 54.4 Å². The maximum absolute atomic E-state index is 13.5. The number of aromatic nitrogens is 4. The third-order valence-corrected chi connectivity index (χ3v) is 8.01. The van der Waals surface area contributed by atoms with Gasteiger partial charge in [0, 0.05) is 55.4 Å². The molecular formula is C29H30ClN5O. The molecule has 0 atom stereocenters. The average Bonchev–Trinajstić information content (AvgIpc) is 3.40. The van der Waals surface area contributed by atoms with Gasteiger partial charge in [0.2, 0.25) is 5.91 Å². The molecule has 0 radical (unpaired) electrons. The van der Waals surface area contributed by atoms with Crippen LogP contribution in [0.15, 0.2) is 79.4 Å². The predicted molar refractivity (Wildman–Crippen MR) is 140 cm³/mol. The summed E-state index contributed by atoms with van der Waals surface area (Å²) in [5.41, 5.74) is 2.01. The Hall–Kier alpha value is -3.38. The van der Waals surface area contributed by atoms with Crippen LogP contribution >= 0.6 is 11.6 Å². The van der Waals surface area contributed by atoms with Crippen molar-refractivity contribution < 1.29 is 4.79 Å². The molecule has 0 spiro atoms. The number of carbonyl (C=O) groups is 1. The molecule has 3 heterocycles. The summed E-state index contributed by atoms with van der Waals surface area (Å²) < 4.78 is 4.42. The summed E-state index contributed by atoms with van der Waals surface area (Å²) >= 11 is 6.07. The number of benzene rings is 2. The van der Waals surface area contributed by atoms with E-state index < -0.39 is 0 Å². The van der Waals surface area contributed by atoms with Crippen LogP contribution in [-0.4, -0.2) is 43.0 Å². The van der Waals surface area contributed by atoms with Gasteiger partial charge >= 0.3 is 0 Å². The highest BCUT2D eigenvalue weighted by atomic mass is 35.5. The van der Waals surface area contributed by atoms with Crippen molar-refractivity contribution in [3.63, 3.8) is 0 Å². The third kappa shape index (κ3) is 4.46. The Balaban J connectivity index is 1.11. The number of carbonyl (C=O) groups excluding carboxylic acids is 1. The zero-order valence-corrected chi connectivity index (χ0v) is 21.0. The van der Waals surface area contributed by atoms with E-state index in [0.717, 1.165) is 62.5 Å². The first-order valence-corrected chi connectivity index (χ1v) is 13.1. The molecule has 2 aromatic heterocycles. The number of piperidine rings is 1. The minimum Gasteiger partial charge on any atom is -0.342 e. The lowest BCUT2D eigenvalue weighted by molar-refractivity contribution is -0.135. The molecule has 1 saturated heterocycles. The van der Waals surface area contributed by atoms with Gasteiger partial charge < -0.3 is 14.0 Å². The molecule has 1 aliphatic carbocycles. The summed E-state index contributed by atoms with van der Waals surface area (Å²) in [4.78, 5) is 24.9. The van der Waals surface area contributed by atoms with Crippen molar-refractivity contribution in [1.29, 1.82) is 0 Å². The molecule has 0 N–H and O–H groups in total. The lowest BCUT2D eigenvalue weighted by Crippen LogP contribution is -2.44. The molecule has 0 bridgehead atoms. The van der Waals surface area contributed by atoms with Crippen LogP contribution < -0.4 is 0 Å². The van der Waals surface area contributed by atoms with E-state index >= 15 is 0 Å². The normalized spacial score (nSPS) is 17.3. The molecule has 2 fully saturated rings. The number of nitrogens with zero attached hydrogens (tertiary/aromatic N) is 5. The molecule has 4 aromatic rings. The summed E-state index contributed by atoms with van der Waals surface area (Å²) in [6, 6.07) is 18.3. The molecule has 7 heteroatoms. The van der Waals surface area contributed by atoms with E-state index in [9.17, 15) is 4.79 Å². The van der Waals surface area contributed by atoms with Crippen molar-refractivity contribution in [3.05, 3.63) is 107 Å². The number of imidazole rings is 2. The van der Waals surface area contributed by atoms with Gasteiger partial charge in [-0.05, 0) is 48.9 Å². The maximum atomic E-state index is 13.5. The minimum absolute atomic E-state index is 0.273. The Kier molecular flexibility index (Phi) is 6.13. The van der Waals surface area contributed by atoms with Crippen molar-refractivity contribution >= 4 is 17.5 Å². The van der Waals surface area contributed by atoms with Crippen molar-refractivity contribution in [2.75, 3.05) is 13.1 Å². The van der Waals surface area contributed by atoms with Crippen LogP contribution in [0.3, 0.4) is 0 Å². The van der Waals surface area contributed by atoms with Crippen LogP contribution in [0.4, 0.5) is 0 Å². The summed E-state index contributed by atoms with van der Waals surface area (Å²) in [6.45, 7) is 3.03. The standard InChI is InChI=1S/C29H30ClN5O/c30-25-8-6-24(7-9-25)29(12-13-29)28(36)33-16-10-23(11-17-33)27-32-15-19-35(27)21-26-31-14-18-34(26)20-22-4-2-1-3-5-22/h1-9,14-15,18-19,23H,10-13,16-17,20-21H2. The highest BCUT2D eigenvalue weighted by Crippen LogP contribution is 2.50. The van der Waals surface area contributed by atoms with Gasteiger partial charge in [-0.1, -0.05) is 54.1 Å². The number of rotatable bonds is 7. The Labute approximate surface area is 216 Å². The lowest BCUT2D eigenvalue weighted by atomic mass is 9.91. The SMILES string of the molecule is O=C(N1CCC(c2nccn2Cc2nccn2Cc2ccccc2)CC1)C1(c2ccc(Cl)cc2)CC1. The number of hydrogen-bond acceptors (Lipinski definition) is 3. The van der Waals surface area contributed by atoms with Crippen LogP contribution in [0.2, 0.25) is 5.02 Å². The largest absolute Gasteiger partial charge is 0.342 e. The number of hydrogen-bond donors (Lipinski definition) is 0. The van der Waals surface area contributed by atoms with Crippen LogP contribution in [0.25, 0.3) is 0 Å². The molecule has 2 aliphatic rings. The molecule has 6 rings (SSSR count). The first-order valence-electron chi connectivity index (χ1n) is 12.7. The second-order valence-corrected chi connectivity index (χ2v) is 10.5. The van der Waals surface area contributed by atoms with Crippen LogP contribution in [0, 0.1) is 0 Å². The van der Waals surface area contributed by atoms with Gasteiger partial charge in [0.05, 0.1) is 12.0 Å². The fourth-order valence-electron chi connectivity index (χ4n) is 5.55. The monoisotopic (exact) mass is 499 g/mol. The van der Waals surface area contributed by atoms with Gasteiger partial charge in [-0.15, -0.1) is 0 Å². The fraction of sp³-hybridized carbons (Fsp3) is 0.345. The van der Waals surface area contributed by atoms with Gasteiger partial charge in [-0.25, -0.2) is 9.97 Å². The molecule has 36 heavy (non-hydrogen) atoms. The van der Waals surface area contributed by atoms with Gasteiger partial charge in [-0.2, -0.15) is 0 Å². The second-order valence-electron chi connectivity index (χ2n) is 10.0. The zero-order chi connectivity index (χ0) is 24.5. The quantitative estimate of drug-likeness (QED) is 0.348. The van der Waals surface area contributed by atoms with E-state index in [2.05, 4.69) is 43.3 Å². The Morgan fingerprint density at radius 3 is 2.31 bits per heavy atom. The number of halogens is 1.